The lowest BCUT2D eigenvalue weighted by Gasteiger charge is -2.24. The highest BCUT2D eigenvalue weighted by Gasteiger charge is 2.31. The Balaban J connectivity index is 2.20. The Morgan fingerprint density at radius 1 is 0.730 bits per heavy atom. The van der Waals surface area contributed by atoms with Crippen LogP contribution in [0.3, 0.4) is 0 Å². The van der Waals surface area contributed by atoms with E-state index in [-0.39, 0.29) is 18.6 Å². The molecule has 0 bridgehead atoms. The number of primary amides is 1. The summed E-state index contributed by atoms with van der Waals surface area (Å²) >= 11 is 3.88. The number of benzene rings is 2. The van der Waals surface area contributed by atoms with Gasteiger partial charge in [-0.1, -0.05) is 60.7 Å². The van der Waals surface area contributed by atoms with Gasteiger partial charge in [0.05, 0.1) is 12.5 Å². The maximum Gasteiger partial charge on any atom is 0.327 e. The summed E-state index contributed by atoms with van der Waals surface area (Å²) in [6, 6.07) is 13.0. The molecular weight excluding hydrogens is 498 g/mol. The van der Waals surface area contributed by atoms with E-state index in [1.165, 1.54) is 0 Å². The molecule has 0 aliphatic heterocycles. The van der Waals surface area contributed by atoms with Crippen molar-refractivity contribution in [3.8, 4) is 0 Å². The highest BCUT2D eigenvalue weighted by atomic mass is 32.1. The van der Waals surface area contributed by atoms with Gasteiger partial charge in [0.1, 0.15) is 18.1 Å². The Kier molecular flexibility index (Phi) is 11.6. The molecule has 4 unspecified atom stereocenters. The molecule has 2 aromatic carbocycles. The van der Waals surface area contributed by atoms with E-state index in [1.54, 1.807) is 30.3 Å². The number of carboxylic acids is 1. The second-order valence-corrected chi connectivity index (χ2v) is 8.73. The van der Waals surface area contributed by atoms with Gasteiger partial charge in [-0.25, -0.2) is 4.79 Å². The van der Waals surface area contributed by atoms with Crippen LogP contribution in [0.25, 0.3) is 0 Å². The predicted octanol–water partition coefficient (Wildman–Crippen LogP) is -0.857. The Labute approximate surface area is 219 Å². The molecule has 2 aromatic rings. The van der Waals surface area contributed by atoms with E-state index < -0.39 is 60.2 Å². The van der Waals surface area contributed by atoms with Gasteiger partial charge in [0, 0.05) is 12.2 Å². The van der Waals surface area contributed by atoms with Crippen molar-refractivity contribution >= 4 is 42.2 Å². The number of amides is 4. The molecule has 0 saturated carbocycles. The monoisotopic (exact) mass is 529 g/mol. The first-order valence-corrected chi connectivity index (χ1v) is 12.1. The largest absolute Gasteiger partial charge is 0.480 e. The molecule has 11 nitrogen and oxygen atoms in total. The van der Waals surface area contributed by atoms with Crippen LogP contribution in [0.2, 0.25) is 0 Å². The topological polar surface area (TPSA) is 194 Å². The molecule has 0 fully saturated rings. The molecule has 0 saturated heterocycles. The zero-order chi connectivity index (χ0) is 27.4. The van der Waals surface area contributed by atoms with E-state index in [4.69, 9.17) is 11.5 Å². The van der Waals surface area contributed by atoms with Gasteiger partial charge in [-0.2, -0.15) is 12.6 Å². The maximum absolute atomic E-state index is 13.2. The first-order chi connectivity index (χ1) is 17.6. The van der Waals surface area contributed by atoms with Gasteiger partial charge < -0.3 is 32.5 Å². The number of aliphatic carboxylic acids is 1. The predicted molar refractivity (Wildman–Crippen MR) is 139 cm³/mol. The molecule has 4 amide bonds. The number of nitrogens with two attached hydrogens (primary N) is 2. The van der Waals surface area contributed by atoms with Crippen molar-refractivity contribution in [2.24, 2.45) is 11.5 Å². The summed E-state index contributed by atoms with van der Waals surface area (Å²) in [5.41, 5.74) is 12.9. The Morgan fingerprint density at radius 2 is 1.19 bits per heavy atom. The van der Waals surface area contributed by atoms with Crippen LogP contribution in [0.1, 0.15) is 17.5 Å². The molecular formula is C25H31N5O6S. The molecule has 0 spiro atoms. The van der Waals surface area contributed by atoms with Crippen molar-refractivity contribution in [1.29, 1.82) is 0 Å². The van der Waals surface area contributed by atoms with Gasteiger partial charge in [0.15, 0.2) is 0 Å². The molecule has 0 aliphatic carbocycles. The lowest BCUT2D eigenvalue weighted by molar-refractivity contribution is -0.141. The van der Waals surface area contributed by atoms with E-state index in [0.717, 1.165) is 11.1 Å². The molecule has 0 radical (unpaired) electrons. The van der Waals surface area contributed by atoms with Gasteiger partial charge in [-0.05, 0) is 17.5 Å². The number of nitrogens with one attached hydrogen (secondary N) is 3. The van der Waals surface area contributed by atoms with Crippen LogP contribution < -0.4 is 27.4 Å². The SMILES string of the molecule is NC(=O)CC(NC(=O)C(Cc1ccccc1)NC(=O)C(N)Cc1ccccc1)C(=O)NC(CS)C(=O)O. The maximum atomic E-state index is 13.2. The first kappa shape index (κ1) is 29.3. The standard InChI is InChI=1S/C25H31N5O6S/c26-17(11-15-7-3-1-4-8-15)22(32)28-18(12-16-9-5-2-6-10-16)23(33)29-19(13-21(27)31)24(34)30-20(14-37)25(35)36/h1-10,17-20,37H,11-14,26H2,(H2,27,31)(H,28,32)(H,29,33)(H,30,34)(H,35,36). The lowest BCUT2D eigenvalue weighted by Crippen LogP contribution is -2.58. The van der Waals surface area contributed by atoms with Crippen LogP contribution >= 0.6 is 12.6 Å². The fourth-order valence-corrected chi connectivity index (χ4v) is 3.69. The van der Waals surface area contributed by atoms with E-state index >= 15 is 0 Å². The molecule has 198 valence electrons. The van der Waals surface area contributed by atoms with Gasteiger partial charge >= 0.3 is 5.97 Å². The second-order valence-electron chi connectivity index (χ2n) is 8.36. The highest BCUT2D eigenvalue weighted by Crippen LogP contribution is 2.07. The number of hydrogen-bond donors (Lipinski definition) is 7. The van der Waals surface area contributed by atoms with Crippen LogP contribution in [0.5, 0.6) is 0 Å². The van der Waals surface area contributed by atoms with Gasteiger partial charge in [-0.3, -0.25) is 19.2 Å². The minimum absolute atomic E-state index is 0.0652. The fraction of sp³-hybridized carbons (Fsp3) is 0.320. The summed E-state index contributed by atoms with van der Waals surface area (Å²) in [4.78, 5) is 61.6. The molecule has 4 atom stereocenters. The van der Waals surface area contributed by atoms with Crippen LogP contribution in [-0.2, 0) is 36.8 Å². The molecule has 0 heterocycles. The van der Waals surface area contributed by atoms with Crippen molar-refractivity contribution in [2.75, 3.05) is 5.75 Å². The summed E-state index contributed by atoms with van der Waals surface area (Å²) in [6.45, 7) is 0. The Hall–Kier alpha value is -3.90. The van der Waals surface area contributed by atoms with Crippen molar-refractivity contribution in [3.63, 3.8) is 0 Å². The van der Waals surface area contributed by atoms with Crippen molar-refractivity contribution in [2.45, 2.75) is 43.4 Å². The Morgan fingerprint density at radius 3 is 1.68 bits per heavy atom. The third-order valence-electron chi connectivity index (χ3n) is 5.39. The van der Waals surface area contributed by atoms with E-state index in [9.17, 15) is 29.1 Å². The smallest absolute Gasteiger partial charge is 0.327 e. The van der Waals surface area contributed by atoms with E-state index in [0.29, 0.717) is 0 Å². The van der Waals surface area contributed by atoms with Crippen LogP contribution in [-0.4, -0.2) is 64.6 Å². The highest BCUT2D eigenvalue weighted by molar-refractivity contribution is 7.80. The molecule has 0 aromatic heterocycles. The van der Waals surface area contributed by atoms with Crippen molar-refractivity contribution in [3.05, 3.63) is 71.8 Å². The van der Waals surface area contributed by atoms with E-state index in [1.807, 2.05) is 30.3 Å². The van der Waals surface area contributed by atoms with Crippen LogP contribution in [0, 0.1) is 0 Å². The Bertz CT molecular complexity index is 1090. The van der Waals surface area contributed by atoms with Gasteiger partial charge in [0.25, 0.3) is 0 Å². The third kappa shape index (κ3) is 9.94. The molecule has 12 heteroatoms. The quantitative estimate of drug-likeness (QED) is 0.155. The second kappa shape index (κ2) is 14.6. The van der Waals surface area contributed by atoms with Gasteiger partial charge in [0.2, 0.25) is 23.6 Å². The first-order valence-electron chi connectivity index (χ1n) is 11.5. The zero-order valence-electron chi connectivity index (χ0n) is 20.0. The summed E-state index contributed by atoms with van der Waals surface area (Å²) in [7, 11) is 0. The summed E-state index contributed by atoms with van der Waals surface area (Å²) in [5.74, 6) is -4.75. The number of carboxylic acid groups (broad SMARTS) is 1. The zero-order valence-corrected chi connectivity index (χ0v) is 20.9. The number of carbonyl (C=O) groups excluding carboxylic acids is 4. The van der Waals surface area contributed by atoms with Crippen LogP contribution in [0.15, 0.2) is 60.7 Å². The van der Waals surface area contributed by atoms with Crippen molar-refractivity contribution < 1.29 is 29.1 Å². The number of thiol groups is 1. The number of rotatable bonds is 14. The summed E-state index contributed by atoms with van der Waals surface area (Å²) < 4.78 is 0. The van der Waals surface area contributed by atoms with Crippen LogP contribution in [0.4, 0.5) is 0 Å². The number of carbonyl (C=O) groups is 5. The van der Waals surface area contributed by atoms with E-state index in [2.05, 4.69) is 28.6 Å². The van der Waals surface area contributed by atoms with Crippen molar-refractivity contribution in [1.82, 2.24) is 16.0 Å². The third-order valence-corrected chi connectivity index (χ3v) is 5.75. The minimum Gasteiger partial charge on any atom is -0.480 e. The molecule has 2 rings (SSSR count). The average molecular weight is 530 g/mol. The average Bonchev–Trinajstić information content (AvgIpc) is 2.86. The summed E-state index contributed by atoms with van der Waals surface area (Å²) in [5, 5.41) is 16.4. The van der Waals surface area contributed by atoms with Gasteiger partial charge in [-0.15, -0.1) is 0 Å². The minimum atomic E-state index is -1.47. The molecule has 0 aliphatic rings. The number of hydrogen-bond acceptors (Lipinski definition) is 7. The molecule has 8 N–H and O–H groups in total. The summed E-state index contributed by atoms with van der Waals surface area (Å²) in [6.07, 6.45) is -0.287. The fourth-order valence-electron chi connectivity index (χ4n) is 3.44. The molecule has 37 heavy (non-hydrogen) atoms. The lowest BCUT2D eigenvalue weighted by atomic mass is 10.0. The normalized spacial score (nSPS) is 13.9.